The van der Waals surface area contributed by atoms with Crippen molar-refractivity contribution in [1.82, 2.24) is 5.01 Å². The summed E-state index contributed by atoms with van der Waals surface area (Å²) in [5, 5.41) is 4.05. The van der Waals surface area contributed by atoms with Gasteiger partial charge < -0.3 is 4.74 Å². The number of para-hydroxylation sites is 1. The standard InChI is InChI=1S/C25H24N2O2/c28-24-25(21-11-5-2-6-12-21,19-20-9-3-1-4-10-20)22-13-7-8-14-23(22)27(24)26-15-17-29-18-16-26/h1-14H,15-19H2. The molecule has 0 radical (unpaired) electrons. The molecule has 0 spiro atoms. The van der Waals surface area contributed by atoms with Crippen molar-refractivity contribution in [3.05, 3.63) is 102 Å². The van der Waals surface area contributed by atoms with Crippen LogP contribution in [0, 0.1) is 0 Å². The number of amides is 1. The summed E-state index contributed by atoms with van der Waals surface area (Å²) in [5.74, 6) is 0.121. The van der Waals surface area contributed by atoms with Crippen LogP contribution in [0.15, 0.2) is 84.9 Å². The first-order chi connectivity index (χ1) is 14.3. The van der Waals surface area contributed by atoms with E-state index in [9.17, 15) is 4.79 Å². The predicted octanol–water partition coefficient (Wildman–Crippen LogP) is 3.81. The molecular formula is C25H24N2O2. The van der Waals surface area contributed by atoms with Gasteiger partial charge in [-0.2, -0.15) is 0 Å². The van der Waals surface area contributed by atoms with Crippen molar-refractivity contribution in [2.75, 3.05) is 31.3 Å². The van der Waals surface area contributed by atoms with E-state index >= 15 is 0 Å². The summed E-state index contributed by atoms with van der Waals surface area (Å²) in [6, 6.07) is 28.8. The molecule has 4 nitrogen and oxygen atoms in total. The Labute approximate surface area is 171 Å². The maximum Gasteiger partial charge on any atom is 0.257 e. The quantitative estimate of drug-likeness (QED) is 0.686. The molecule has 146 valence electrons. The number of nitrogens with zero attached hydrogens (tertiary/aromatic N) is 2. The second kappa shape index (κ2) is 7.47. The van der Waals surface area contributed by atoms with Gasteiger partial charge in [0.15, 0.2) is 0 Å². The average Bonchev–Trinajstić information content (AvgIpc) is 3.04. The summed E-state index contributed by atoms with van der Waals surface area (Å²) in [7, 11) is 0. The van der Waals surface area contributed by atoms with E-state index in [0.29, 0.717) is 19.6 Å². The van der Waals surface area contributed by atoms with Crippen LogP contribution >= 0.6 is 0 Å². The molecule has 0 bridgehead atoms. The van der Waals surface area contributed by atoms with Gasteiger partial charge in [-0.05, 0) is 29.2 Å². The molecule has 0 aromatic heterocycles. The molecule has 1 fully saturated rings. The summed E-state index contributed by atoms with van der Waals surface area (Å²) < 4.78 is 5.54. The lowest BCUT2D eigenvalue weighted by Gasteiger charge is -2.37. The van der Waals surface area contributed by atoms with E-state index in [1.165, 1.54) is 0 Å². The molecule has 1 saturated heterocycles. The molecule has 2 aliphatic heterocycles. The van der Waals surface area contributed by atoms with Gasteiger partial charge in [0.25, 0.3) is 5.91 Å². The van der Waals surface area contributed by atoms with E-state index < -0.39 is 5.41 Å². The Morgan fingerprint density at radius 3 is 2.14 bits per heavy atom. The third-order valence-electron chi connectivity index (χ3n) is 6.00. The summed E-state index contributed by atoms with van der Waals surface area (Å²) in [6.07, 6.45) is 0.633. The lowest BCUT2D eigenvalue weighted by atomic mass is 9.71. The molecule has 29 heavy (non-hydrogen) atoms. The first-order valence-corrected chi connectivity index (χ1v) is 10.2. The first kappa shape index (κ1) is 18.1. The third-order valence-corrected chi connectivity index (χ3v) is 6.00. The van der Waals surface area contributed by atoms with E-state index in [1.54, 1.807) is 0 Å². The van der Waals surface area contributed by atoms with Gasteiger partial charge in [-0.15, -0.1) is 0 Å². The molecule has 0 saturated carbocycles. The lowest BCUT2D eigenvalue weighted by Crippen LogP contribution is -2.54. The number of morpholine rings is 1. The number of fused-ring (bicyclic) bond motifs is 1. The number of carbonyl (C=O) groups excluding carboxylic acids is 1. The molecule has 1 unspecified atom stereocenters. The maximum atomic E-state index is 14.2. The minimum Gasteiger partial charge on any atom is -0.379 e. The van der Waals surface area contributed by atoms with Crippen LogP contribution in [-0.4, -0.2) is 37.2 Å². The Hall–Kier alpha value is -2.95. The van der Waals surface area contributed by atoms with Crippen molar-refractivity contribution in [3.63, 3.8) is 0 Å². The van der Waals surface area contributed by atoms with Gasteiger partial charge >= 0.3 is 0 Å². The maximum absolute atomic E-state index is 14.2. The van der Waals surface area contributed by atoms with Crippen LogP contribution in [0.1, 0.15) is 16.7 Å². The lowest BCUT2D eigenvalue weighted by molar-refractivity contribution is -0.126. The Morgan fingerprint density at radius 2 is 1.41 bits per heavy atom. The van der Waals surface area contributed by atoms with Gasteiger partial charge in [0.1, 0.15) is 5.41 Å². The molecular weight excluding hydrogens is 360 g/mol. The number of hydrogen-bond acceptors (Lipinski definition) is 3. The zero-order valence-electron chi connectivity index (χ0n) is 16.3. The van der Waals surface area contributed by atoms with Gasteiger partial charge in [0, 0.05) is 13.1 Å². The van der Waals surface area contributed by atoms with E-state index in [-0.39, 0.29) is 5.91 Å². The smallest absolute Gasteiger partial charge is 0.257 e. The molecule has 2 aliphatic rings. The van der Waals surface area contributed by atoms with Crippen LogP contribution in [0.2, 0.25) is 0 Å². The molecule has 3 aromatic carbocycles. The van der Waals surface area contributed by atoms with Crippen LogP contribution in [-0.2, 0) is 21.4 Å². The molecule has 0 N–H and O–H groups in total. The van der Waals surface area contributed by atoms with Crippen LogP contribution in [0.4, 0.5) is 5.69 Å². The Morgan fingerprint density at radius 1 is 0.793 bits per heavy atom. The average molecular weight is 384 g/mol. The van der Waals surface area contributed by atoms with Gasteiger partial charge in [0.2, 0.25) is 0 Å². The van der Waals surface area contributed by atoms with Crippen molar-refractivity contribution in [1.29, 1.82) is 0 Å². The fourth-order valence-corrected chi connectivity index (χ4v) is 4.64. The molecule has 1 atom stereocenters. The van der Waals surface area contributed by atoms with Gasteiger partial charge in [-0.25, -0.2) is 10.0 Å². The zero-order chi connectivity index (χ0) is 19.7. The molecule has 1 amide bonds. The minimum absolute atomic E-state index is 0.121. The van der Waals surface area contributed by atoms with E-state index in [4.69, 9.17) is 4.74 Å². The molecule has 3 aromatic rings. The Balaban J connectivity index is 1.70. The van der Waals surface area contributed by atoms with E-state index in [1.807, 2.05) is 53.5 Å². The second-order valence-electron chi connectivity index (χ2n) is 7.63. The normalized spacial score (nSPS) is 21.9. The first-order valence-electron chi connectivity index (χ1n) is 10.2. The summed E-state index contributed by atoms with van der Waals surface area (Å²) in [5.41, 5.74) is 3.52. The van der Waals surface area contributed by atoms with Crippen LogP contribution in [0.25, 0.3) is 0 Å². The van der Waals surface area contributed by atoms with E-state index in [2.05, 4.69) is 41.4 Å². The summed E-state index contributed by atoms with van der Waals surface area (Å²) in [4.78, 5) is 14.2. The van der Waals surface area contributed by atoms with Crippen molar-refractivity contribution >= 4 is 11.6 Å². The number of hydrogen-bond donors (Lipinski definition) is 0. The second-order valence-corrected chi connectivity index (χ2v) is 7.63. The Bertz CT molecular complexity index is 1000. The largest absolute Gasteiger partial charge is 0.379 e. The number of carbonyl (C=O) groups is 1. The van der Waals surface area contributed by atoms with E-state index in [0.717, 1.165) is 35.5 Å². The number of hydrazine groups is 1. The topological polar surface area (TPSA) is 32.8 Å². The zero-order valence-corrected chi connectivity index (χ0v) is 16.3. The highest BCUT2D eigenvalue weighted by molar-refractivity contribution is 6.10. The SMILES string of the molecule is O=C1N(N2CCOCC2)c2ccccc2C1(Cc1ccccc1)c1ccccc1. The third kappa shape index (κ3) is 2.96. The van der Waals surface area contributed by atoms with Gasteiger partial charge in [0.05, 0.1) is 18.9 Å². The highest BCUT2D eigenvalue weighted by Crippen LogP contribution is 2.48. The van der Waals surface area contributed by atoms with Crippen LogP contribution in [0.3, 0.4) is 0 Å². The summed E-state index contributed by atoms with van der Waals surface area (Å²) >= 11 is 0. The van der Waals surface area contributed by atoms with Crippen LogP contribution < -0.4 is 5.01 Å². The minimum atomic E-state index is -0.739. The fourth-order valence-electron chi connectivity index (χ4n) is 4.64. The molecule has 2 heterocycles. The summed E-state index contributed by atoms with van der Waals surface area (Å²) in [6.45, 7) is 2.72. The highest BCUT2D eigenvalue weighted by Gasteiger charge is 2.53. The highest BCUT2D eigenvalue weighted by atomic mass is 16.5. The van der Waals surface area contributed by atoms with Gasteiger partial charge in [-0.3, -0.25) is 4.79 Å². The molecule has 5 rings (SSSR count). The number of ether oxygens (including phenoxy) is 1. The molecule has 4 heteroatoms. The molecule has 0 aliphatic carbocycles. The van der Waals surface area contributed by atoms with Crippen molar-refractivity contribution in [3.8, 4) is 0 Å². The number of rotatable bonds is 4. The fraction of sp³-hybridized carbons (Fsp3) is 0.240. The Kier molecular flexibility index (Phi) is 4.66. The van der Waals surface area contributed by atoms with Crippen molar-refractivity contribution < 1.29 is 9.53 Å². The number of benzene rings is 3. The monoisotopic (exact) mass is 384 g/mol. The van der Waals surface area contributed by atoms with Crippen molar-refractivity contribution in [2.45, 2.75) is 11.8 Å². The van der Waals surface area contributed by atoms with Gasteiger partial charge in [-0.1, -0.05) is 78.9 Å². The van der Waals surface area contributed by atoms with Crippen LogP contribution in [0.5, 0.6) is 0 Å². The number of anilines is 1. The van der Waals surface area contributed by atoms with Crippen molar-refractivity contribution in [2.24, 2.45) is 0 Å². The predicted molar refractivity (Wildman–Crippen MR) is 114 cm³/mol.